The predicted molar refractivity (Wildman–Crippen MR) is 116 cm³/mol. The molecule has 0 bridgehead atoms. The number of amides is 3. The van der Waals surface area contributed by atoms with Gasteiger partial charge in [-0.05, 0) is 44.7 Å². The lowest BCUT2D eigenvalue weighted by atomic mass is 9.95. The third-order valence-corrected chi connectivity index (χ3v) is 7.79. The summed E-state index contributed by atoms with van der Waals surface area (Å²) in [5.74, 6) is -0.458. The smallest absolute Gasteiger partial charge is 0.317 e. The number of hydrogen-bond donors (Lipinski definition) is 2. The zero-order valence-electron chi connectivity index (χ0n) is 17.7. The Kier molecular flexibility index (Phi) is 7.75. The fraction of sp³-hybridized carbons (Fsp3) is 0.636. The zero-order valence-corrected chi connectivity index (χ0v) is 18.5. The molecule has 166 valence electrons. The zero-order chi connectivity index (χ0) is 21.6. The Balaban J connectivity index is 1.38. The standard InChI is InChI=1S/C22H33N3O4S/c1-17-7-9-20(10-8-17)30(28,29)16-13-21(26)23-19-11-14-25(15-12-19)22(27)24-18-5-3-2-4-6-18/h7-10,18-19H,2-6,11-16H2,1H3,(H,23,26)(H,24,27). The van der Waals surface area contributed by atoms with Gasteiger partial charge in [-0.2, -0.15) is 0 Å². The molecule has 1 saturated carbocycles. The van der Waals surface area contributed by atoms with E-state index < -0.39 is 9.84 Å². The van der Waals surface area contributed by atoms with Gasteiger partial charge in [0.05, 0.1) is 10.6 Å². The van der Waals surface area contributed by atoms with Crippen LogP contribution in [0.5, 0.6) is 0 Å². The van der Waals surface area contributed by atoms with Crippen LogP contribution < -0.4 is 10.6 Å². The van der Waals surface area contributed by atoms with Gasteiger partial charge in [-0.25, -0.2) is 13.2 Å². The molecule has 1 heterocycles. The minimum Gasteiger partial charge on any atom is -0.353 e. The van der Waals surface area contributed by atoms with E-state index >= 15 is 0 Å². The van der Waals surface area contributed by atoms with E-state index in [1.165, 1.54) is 19.3 Å². The van der Waals surface area contributed by atoms with Crippen molar-refractivity contribution in [2.24, 2.45) is 0 Å². The second kappa shape index (κ2) is 10.3. The van der Waals surface area contributed by atoms with Crippen LogP contribution in [-0.2, 0) is 14.6 Å². The lowest BCUT2D eigenvalue weighted by Gasteiger charge is -2.34. The van der Waals surface area contributed by atoms with Crippen molar-refractivity contribution in [2.75, 3.05) is 18.8 Å². The van der Waals surface area contributed by atoms with E-state index in [1.54, 1.807) is 24.3 Å². The molecule has 0 atom stereocenters. The number of carbonyl (C=O) groups is 2. The highest BCUT2D eigenvalue weighted by Gasteiger charge is 2.26. The van der Waals surface area contributed by atoms with Gasteiger partial charge < -0.3 is 15.5 Å². The van der Waals surface area contributed by atoms with Crippen LogP contribution >= 0.6 is 0 Å². The van der Waals surface area contributed by atoms with Crippen LogP contribution in [0, 0.1) is 6.92 Å². The highest BCUT2D eigenvalue weighted by molar-refractivity contribution is 7.91. The molecule has 0 aromatic heterocycles. The number of urea groups is 1. The SMILES string of the molecule is Cc1ccc(S(=O)(=O)CCC(=O)NC2CCN(C(=O)NC3CCCCC3)CC2)cc1. The molecule has 2 fully saturated rings. The van der Waals surface area contributed by atoms with E-state index in [0.29, 0.717) is 32.0 Å². The highest BCUT2D eigenvalue weighted by Crippen LogP contribution is 2.18. The summed E-state index contributed by atoms with van der Waals surface area (Å²) in [6, 6.07) is 6.94. The normalized spacial score (nSPS) is 18.8. The van der Waals surface area contributed by atoms with Crippen LogP contribution in [0.4, 0.5) is 4.79 Å². The first-order chi connectivity index (χ1) is 14.3. The van der Waals surface area contributed by atoms with Crippen molar-refractivity contribution < 1.29 is 18.0 Å². The number of piperidine rings is 1. The number of nitrogens with one attached hydrogen (secondary N) is 2. The lowest BCUT2D eigenvalue weighted by Crippen LogP contribution is -2.51. The summed E-state index contributed by atoms with van der Waals surface area (Å²) >= 11 is 0. The molecule has 0 unspecified atom stereocenters. The van der Waals surface area contributed by atoms with Crippen molar-refractivity contribution in [1.29, 1.82) is 0 Å². The van der Waals surface area contributed by atoms with E-state index in [-0.39, 0.29) is 35.0 Å². The fourth-order valence-corrected chi connectivity index (χ4v) is 5.37. The Morgan fingerprint density at radius 3 is 2.17 bits per heavy atom. The molecule has 3 rings (SSSR count). The maximum atomic E-state index is 12.4. The van der Waals surface area contributed by atoms with Gasteiger partial charge in [-0.15, -0.1) is 0 Å². The summed E-state index contributed by atoms with van der Waals surface area (Å²) in [5, 5.41) is 6.06. The maximum Gasteiger partial charge on any atom is 0.317 e. The van der Waals surface area contributed by atoms with Crippen molar-refractivity contribution in [1.82, 2.24) is 15.5 Å². The number of aryl methyl sites for hydroxylation is 1. The largest absolute Gasteiger partial charge is 0.353 e. The quantitative estimate of drug-likeness (QED) is 0.718. The topological polar surface area (TPSA) is 95.6 Å². The van der Waals surface area contributed by atoms with Crippen molar-refractivity contribution in [3.05, 3.63) is 29.8 Å². The van der Waals surface area contributed by atoms with Gasteiger partial charge in [0.15, 0.2) is 9.84 Å². The number of hydrogen-bond acceptors (Lipinski definition) is 4. The van der Waals surface area contributed by atoms with Gasteiger partial charge in [0, 0.05) is 31.6 Å². The van der Waals surface area contributed by atoms with Crippen molar-refractivity contribution in [2.45, 2.75) is 75.3 Å². The number of benzene rings is 1. The molecule has 3 amide bonds. The molecule has 0 radical (unpaired) electrons. The summed E-state index contributed by atoms with van der Waals surface area (Å²) < 4.78 is 24.8. The first-order valence-electron chi connectivity index (χ1n) is 11.0. The molecule has 1 saturated heterocycles. The van der Waals surface area contributed by atoms with E-state index in [1.807, 2.05) is 11.8 Å². The van der Waals surface area contributed by atoms with Crippen molar-refractivity contribution in [3.63, 3.8) is 0 Å². The molecule has 1 aliphatic heterocycles. The second-order valence-corrected chi connectivity index (χ2v) is 10.6. The molecule has 0 spiro atoms. The monoisotopic (exact) mass is 435 g/mol. The third kappa shape index (κ3) is 6.45. The number of likely N-dealkylation sites (tertiary alicyclic amines) is 1. The first-order valence-corrected chi connectivity index (χ1v) is 12.6. The summed E-state index contributed by atoms with van der Waals surface area (Å²) in [6.07, 6.45) is 7.05. The van der Waals surface area contributed by atoms with Gasteiger partial charge in [-0.1, -0.05) is 37.0 Å². The molecule has 7 nitrogen and oxygen atoms in total. The van der Waals surface area contributed by atoms with Gasteiger partial charge in [-0.3, -0.25) is 4.79 Å². The van der Waals surface area contributed by atoms with Crippen LogP contribution in [0.15, 0.2) is 29.2 Å². The summed E-state index contributed by atoms with van der Waals surface area (Å²) in [4.78, 5) is 26.7. The Morgan fingerprint density at radius 1 is 0.933 bits per heavy atom. The van der Waals surface area contributed by atoms with Crippen molar-refractivity contribution >= 4 is 21.8 Å². The van der Waals surface area contributed by atoms with Crippen LogP contribution in [0.3, 0.4) is 0 Å². The van der Waals surface area contributed by atoms with Crippen LogP contribution in [0.1, 0.15) is 56.9 Å². The Labute approximate surface area is 179 Å². The third-order valence-electron chi connectivity index (χ3n) is 6.06. The molecule has 1 aliphatic carbocycles. The van der Waals surface area contributed by atoms with Crippen LogP contribution in [-0.4, -0.2) is 56.2 Å². The fourth-order valence-electron chi connectivity index (χ4n) is 4.13. The average molecular weight is 436 g/mol. The highest BCUT2D eigenvalue weighted by atomic mass is 32.2. The van der Waals surface area contributed by atoms with Crippen LogP contribution in [0.2, 0.25) is 0 Å². The van der Waals surface area contributed by atoms with Gasteiger partial charge in [0.2, 0.25) is 5.91 Å². The van der Waals surface area contributed by atoms with E-state index in [9.17, 15) is 18.0 Å². The molecular formula is C22H33N3O4S. The Bertz CT molecular complexity index is 824. The number of rotatable bonds is 6. The molecule has 2 N–H and O–H groups in total. The van der Waals surface area contributed by atoms with Crippen molar-refractivity contribution in [3.8, 4) is 0 Å². The second-order valence-electron chi connectivity index (χ2n) is 8.50. The van der Waals surface area contributed by atoms with Gasteiger partial charge in [0.25, 0.3) is 0 Å². The maximum absolute atomic E-state index is 12.4. The Hall–Kier alpha value is -2.09. The lowest BCUT2D eigenvalue weighted by molar-refractivity contribution is -0.121. The molecule has 30 heavy (non-hydrogen) atoms. The van der Waals surface area contributed by atoms with E-state index in [0.717, 1.165) is 18.4 Å². The van der Waals surface area contributed by atoms with Crippen LogP contribution in [0.25, 0.3) is 0 Å². The number of carbonyl (C=O) groups excluding carboxylic acids is 2. The molecule has 1 aromatic rings. The Morgan fingerprint density at radius 2 is 1.53 bits per heavy atom. The van der Waals surface area contributed by atoms with E-state index in [2.05, 4.69) is 10.6 Å². The van der Waals surface area contributed by atoms with Gasteiger partial charge in [0.1, 0.15) is 0 Å². The number of nitrogens with zero attached hydrogens (tertiary/aromatic N) is 1. The minimum absolute atomic E-state index is 0.00383. The van der Waals surface area contributed by atoms with Gasteiger partial charge >= 0.3 is 6.03 Å². The summed E-state index contributed by atoms with van der Waals surface area (Å²) in [7, 11) is -3.47. The molecule has 2 aliphatic rings. The predicted octanol–water partition coefficient (Wildman–Crippen LogP) is 2.78. The first kappa shape index (κ1) is 22.6. The molecular weight excluding hydrogens is 402 g/mol. The summed E-state index contributed by atoms with van der Waals surface area (Å²) in [5.41, 5.74) is 0.991. The van der Waals surface area contributed by atoms with E-state index in [4.69, 9.17) is 0 Å². The minimum atomic E-state index is -3.47. The number of sulfone groups is 1. The summed E-state index contributed by atoms with van der Waals surface area (Å²) in [6.45, 7) is 3.10. The molecule has 1 aromatic carbocycles. The molecule has 8 heteroatoms. The average Bonchev–Trinajstić information content (AvgIpc) is 2.74.